The predicted octanol–water partition coefficient (Wildman–Crippen LogP) is 1.98. The highest BCUT2D eigenvalue weighted by Crippen LogP contribution is 2.24. The molecule has 0 aromatic heterocycles. The lowest BCUT2D eigenvalue weighted by molar-refractivity contribution is -0.120. The van der Waals surface area contributed by atoms with Gasteiger partial charge in [-0.3, -0.25) is 4.79 Å². The molecular weight excluding hydrogens is 136 g/mol. The minimum atomic E-state index is -0.196. The minimum absolute atomic E-state index is 0.196. The van der Waals surface area contributed by atoms with Gasteiger partial charge in [0.25, 0.3) is 0 Å². The van der Waals surface area contributed by atoms with E-state index in [1.807, 2.05) is 6.92 Å². The van der Waals surface area contributed by atoms with Crippen LogP contribution in [-0.4, -0.2) is 11.2 Å². The second kappa shape index (κ2) is 2.70. The Morgan fingerprint density at radius 2 is 2.33 bits per heavy atom. The number of carbonyl (C=O) groups is 1. The number of hydrogen-bond acceptors (Lipinski definition) is 1. The fraction of sp³-hybridized carbons (Fsp3) is 0.857. The van der Waals surface area contributed by atoms with Crippen molar-refractivity contribution >= 4 is 17.4 Å². The van der Waals surface area contributed by atoms with E-state index in [9.17, 15) is 4.79 Å². The monoisotopic (exact) mass is 146 g/mol. The molecule has 0 unspecified atom stereocenters. The summed E-state index contributed by atoms with van der Waals surface area (Å²) in [5, 5.41) is -0.196. The average molecular weight is 147 g/mol. The maximum atomic E-state index is 10.9. The molecule has 1 aliphatic rings. The fourth-order valence-corrected chi connectivity index (χ4v) is 1.43. The van der Waals surface area contributed by atoms with Crippen molar-refractivity contribution in [1.82, 2.24) is 0 Å². The standard InChI is InChI=1S/C7H11ClO/c1-5-3-2-4-6(9)7(5)8/h5,7H,2-4H2,1H3/t5-,7-/m0/s1. The molecule has 0 bridgehead atoms. The number of halogens is 1. The minimum Gasteiger partial charge on any atom is -0.298 e. The van der Waals surface area contributed by atoms with E-state index in [0.29, 0.717) is 12.3 Å². The highest BCUT2D eigenvalue weighted by atomic mass is 35.5. The molecule has 0 aromatic carbocycles. The summed E-state index contributed by atoms with van der Waals surface area (Å²) < 4.78 is 0. The summed E-state index contributed by atoms with van der Waals surface area (Å²) in [6.45, 7) is 2.04. The second-order valence-electron chi connectivity index (χ2n) is 2.74. The van der Waals surface area contributed by atoms with Crippen LogP contribution in [0.15, 0.2) is 0 Å². The first-order valence-electron chi connectivity index (χ1n) is 3.38. The highest BCUT2D eigenvalue weighted by Gasteiger charge is 2.25. The summed E-state index contributed by atoms with van der Waals surface area (Å²) in [5.74, 6) is 0.628. The van der Waals surface area contributed by atoms with Gasteiger partial charge in [-0.05, 0) is 18.8 Å². The van der Waals surface area contributed by atoms with E-state index >= 15 is 0 Å². The molecule has 1 nitrogen and oxygen atoms in total. The van der Waals surface area contributed by atoms with Crippen LogP contribution in [0.2, 0.25) is 0 Å². The first-order valence-corrected chi connectivity index (χ1v) is 3.82. The van der Waals surface area contributed by atoms with Gasteiger partial charge in [0.2, 0.25) is 0 Å². The number of rotatable bonds is 0. The molecule has 52 valence electrons. The second-order valence-corrected chi connectivity index (χ2v) is 3.21. The molecule has 0 saturated heterocycles. The van der Waals surface area contributed by atoms with E-state index in [1.54, 1.807) is 0 Å². The number of alkyl halides is 1. The van der Waals surface area contributed by atoms with Crippen LogP contribution in [0.4, 0.5) is 0 Å². The van der Waals surface area contributed by atoms with Crippen LogP contribution >= 0.6 is 11.6 Å². The van der Waals surface area contributed by atoms with Gasteiger partial charge < -0.3 is 0 Å². The quantitative estimate of drug-likeness (QED) is 0.478. The lowest BCUT2D eigenvalue weighted by Crippen LogP contribution is -2.26. The number of carbonyl (C=O) groups excluding carboxylic acids is 1. The molecule has 1 rings (SSSR count). The molecule has 0 amide bonds. The van der Waals surface area contributed by atoms with Gasteiger partial charge in [-0.1, -0.05) is 6.92 Å². The molecule has 0 spiro atoms. The third-order valence-corrected chi connectivity index (χ3v) is 2.56. The third-order valence-electron chi connectivity index (χ3n) is 1.89. The lowest BCUT2D eigenvalue weighted by Gasteiger charge is -2.21. The van der Waals surface area contributed by atoms with E-state index in [4.69, 9.17) is 11.6 Å². The zero-order valence-corrected chi connectivity index (χ0v) is 6.32. The summed E-state index contributed by atoms with van der Waals surface area (Å²) in [6.07, 6.45) is 2.83. The van der Waals surface area contributed by atoms with E-state index in [1.165, 1.54) is 0 Å². The first kappa shape index (κ1) is 7.07. The lowest BCUT2D eigenvalue weighted by atomic mass is 9.89. The van der Waals surface area contributed by atoms with Gasteiger partial charge in [-0.2, -0.15) is 0 Å². The van der Waals surface area contributed by atoms with Crippen LogP contribution < -0.4 is 0 Å². The van der Waals surface area contributed by atoms with Crippen LogP contribution in [0, 0.1) is 5.92 Å². The van der Waals surface area contributed by atoms with E-state index in [0.717, 1.165) is 12.8 Å². The molecule has 2 heteroatoms. The molecule has 1 fully saturated rings. The largest absolute Gasteiger partial charge is 0.298 e. The normalized spacial score (nSPS) is 36.9. The van der Waals surface area contributed by atoms with Crippen molar-refractivity contribution in [2.24, 2.45) is 5.92 Å². The Hall–Kier alpha value is -0.0400. The molecule has 2 atom stereocenters. The molecular formula is C7H11ClO. The van der Waals surface area contributed by atoms with Crippen molar-refractivity contribution in [3.05, 3.63) is 0 Å². The van der Waals surface area contributed by atoms with Crippen molar-refractivity contribution in [2.75, 3.05) is 0 Å². The van der Waals surface area contributed by atoms with Gasteiger partial charge >= 0.3 is 0 Å². The summed E-state index contributed by atoms with van der Waals surface area (Å²) >= 11 is 5.77. The van der Waals surface area contributed by atoms with Crippen molar-refractivity contribution in [1.29, 1.82) is 0 Å². The van der Waals surface area contributed by atoms with Gasteiger partial charge in [-0.25, -0.2) is 0 Å². The van der Waals surface area contributed by atoms with Crippen LogP contribution in [0.3, 0.4) is 0 Å². The van der Waals surface area contributed by atoms with Gasteiger partial charge in [0, 0.05) is 6.42 Å². The SMILES string of the molecule is C[C@H]1CCCC(=O)[C@H]1Cl. The number of hydrogen-bond donors (Lipinski definition) is 0. The van der Waals surface area contributed by atoms with Crippen molar-refractivity contribution in [3.8, 4) is 0 Å². The molecule has 0 heterocycles. The Morgan fingerprint density at radius 1 is 1.67 bits per heavy atom. The first-order chi connectivity index (χ1) is 4.22. The molecule has 0 N–H and O–H groups in total. The van der Waals surface area contributed by atoms with Crippen molar-refractivity contribution in [2.45, 2.75) is 31.6 Å². The summed E-state index contributed by atoms with van der Waals surface area (Å²) in [4.78, 5) is 10.9. The summed E-state index contributed by atoms with van der Waals surface area (Å²) in [6, 6.07) is 0. The maximum Gasteiger partial charge on any atom is 0.150 e. The van der Waals surface area contributed by atoms with Crippen LogP contribution in [0.5, 0.6) is 0 Å². The summed E-state index contributed by atoms with van der Waals surface area (Å²) in [5.41, 5.74) is 0. The molecule has 1 aliphatic carbocycles. The molecule has 0 aliphatic heterocycles. The van der Waals surface area contributed by atoms with Crippen LogP contribution in [0.25, 0.3) is 0 Å². The Labute approximate surface area is 60.4 Å². The predicted molar refractivity (Wildman–Crippen MR) is 37.7 cm³/mol. The molecule has 0 aromatic rings. The smallest absolute Gasteiger partial charge is 0.150 e. The third kappa shape index (κ3) is 1.45. The highest BCUT2D eigenvalue weighted by molar-refractivity contribution is 6.31. The molecule has 9 heavy (non-hydrogen) atoms. The van der Waals surface area contributed by atoms with E-state index in [2.05, 4.69) is 0 Å². The van der Waals surface area contributed by atoms with Crippen LogP contribution in [0.1, 0.15) is 26.2 Å². The average Bonchev–Trinajstić information content (AvgIpc) is 1.83. The van der Waals surface area contributed by atoms with Gasteiger partial charge in [-0.15, -0.1) is 11.6 Å². The topological polar surface area (TPSA) is 17.1 Å². The summed E-state index contributed by atoms with van der Waals surface area (Å²) in [7, 11) is 0. The zero-order valence-electron chi connectivity index (χ0n) is 5.56. The zero-order chi connectivity index (χ0) is 6.85. The number of Topliss-reactive ketones (excluding diaryl/α,β-unsaturated/α-hetero) is 1. The van der Waals surface area contributed by atoms with Crippen molar-refractivity contribution in [3.63, 3.8) is 0 Å². The van der Waals surface area contributed by atoms with Gasteiger partial charge in [0.1, 0.15) is 0 Å². The Bertz CT molecular complexity index is 122. The Balaban J connectivity index is 2.51. The molecule has 0 radical (unpaired) electrons. The van der Waals surface area contributed by atoms with Crippen LogP contribution in [-0.2, 0) is 4.79 Å². The molecule has 1 saturated carbocycles. The number of ketones is 1. The van der Waals surface area contributed by atoms with E-state index in [-0.39, 0.29) is 11.2 Å². The fourth-order valence-electron chi connectivity index (χ4n) is 1.20. The van der Waals surface area contributed by atoms with Gasteiger partial charge in [0.15, 0.2) is 5.78 Å². The van der Waals surface area contributed by atoms with E-state index < -0.39 is 0 Å². The maximum absolute atomic E-state index is 10.9. The van der Waals surface area contributed by atoms with Gasteiger partial charge in [0.05, 0.1) is 5.38 Å². The van der Waals surface area contributed by atoms with Crippen molar-refractivity contribution < 1.29 is 4.79 Å². The Kier molecular flexibility index (Phi) is 2.12. The Morgan fingerprint density at radius 3 is 2.78 bits per heavy atom.